The Morgan fingerprint density at radius 1 is 1.64 bits per heavy atom. The van der Waals surface area contributed by atoms with Gasteiger partial charge in [-0.2, -0.15) is 0 Å². The topological polar surface area (TPSA) is 33.1 Å². The van der Waals surface area contributed by atoms with Gasteiger partial charge in [-0.3, -0.25) is 0 Å². The Morgan fingerprint density at radius 2 is 2.50 bits per heavy atom. The second kappa shape index (κ2) is 4.64. The number of aryl methyl sites for hydroxylation is 1. The van der Waals surface area contributed by atoms with Crippen LogP contribution >= 0.6 is 23.1 Å². The third-order valence-corrected chi connectivity index (χ3v) is 4.97. The van der Waals surface area contributed by atoms with E-state index in [1.807, 2.05) is 0 Å². The Morgan fingerprint density at radius 3 is 3.07 bits per heavy atom. The molecule has 14 heavy (non-hydrogen) atoms. The Hall–Kier alpha value is -0.0600. The summed E-state index contributed by atoms with van der Waals surface area (Å²) in [4.78, 5) is 4.50. The normalized spacial score (nSPS) is 27.0. The molecule has 0 aromatic carbocycles. The Bertz CT molecular complexity index is 300. The van der Waals surface area contributed by atoms with Crippen LogP contribution in [0.1, 0.15) is 31.9 Å². The zero-order chi connectivity index (χ0) is 9.97. The van der Waals surface area contributed by atoms with E-state index in [-0.39, 0.29) is 6.10 Å². The van der Waals surface area contributed by atoms with Crippen LogP contribution in [0.3, 0.4) is 0 Å². The van der Waals surface area contributed by atoms with E-state index in [1.165, 1.54) is 5.69 Å². The fourth-order valence-electron chi connectivity index (χ4n) is 1.68. The molecule has 4 heteroatoms. The first-order chi connectivity index (χ1) is 6.79. The number of hydrogen-bond donors (Lipinski definition) is 1. The van der Waals surface area contributed by atoms with E-state index in [4.69, 9.17) is 0 Å². The highest BCUT2D eigenvalue weighted by atomic mass is 32.2. The molecule has 1 aromatic rings. The number of thiazole rings is 1. The lowest BCUT2D eigenvalue weighted by molar-refractivity contribution is 0.188. The summed E-state index contributed by atoms with van der Waals surface area (Å²) in [5, 5.41) is 12.2. The van der Waals surface area contributed by atoms with Crippen LogP contribution in [-0.4, -0.2) is 21.4 Å². The maximum atomic E-state index is 9.67. The van der Waals surface area contributed by atoms with Crippen molar-refractivity contribution in [2.75, 3.05) is 0 Å². The highest BCUT2D eigenvalue weighted by Crippen LogP contribution is 2.36. The number of thioether (sulfide) groups is 1. The molecule has 1 N–H and O–H groups in total. The zero-order valence-electron chi connectivity index (χ0n) is 8.27. The van der Waals surface area contributed by atoms with Crippen molar-refractivity contribution in [2.24, 2.45) is 0 Å². The molecule has 0 radical (unpaired) electrons. The lowest BCUT2D eigenvalue weighted by Gasteiger charge is -2.10. The van der Waals surface area contributed by atoms with Crippen molar-refractivity contribution in [3.8, 4) is 0 Å². The highest BCUT2D eigenvalue weighted by molar-refractivity contribution is 8.01. The maximum Gasteiger partial charge on any atom is 0.150 e. The fourth-order valence-corrected chi connectivity index (χ4v) is 4.05. The molecule has 0 bridgehead atoms. The predicted octanol–water partition coefficient (Wildman–Crippen LogP) is 2.71. The van der Waals surface area contributed by atoms with Crippen LogP contribution in [-0.2, 0) is 6.42 Å². The van der Waals surface area contributed by atoms with Crippen LogP contribution in [0.4, 0.5) is 0 Å². The van der Waals surface area contributed by atoms with Gasteiger partial charge in [-0.05, 0) is 25.7 Å². The van der Waals surface area contributed by atoms with E-state index in [2.05, 4.69) is 17.3 Å². The lowest BCUT2D eigenvalue weighted by atomic mass is 10.3. The van der Waals surface area contributed by atoms with Gasteiger partial charge in [0, 0.05) is 10.6 Å². The van der Waals surface area contributed by atoms with Gasteiger partial charge in [0.25, 0.3) is 0 Å². The molecule has 2 rings (SSSR count). The molecule has 2 nitrogen and oxygen atoms in total. The van der Waals surface area contributed by atoms with Gasteiger partial charge in [-0.25, -0.2) is 4.98 Å². The third-order valence-electron chi connectivity index (χ3n) is 2.56. The van der Waals surface area contributed by atoms with Crippen molar-refractivity contribution in [3.63, 3.8) is 0 Å². The number of aromatic nitrogens is 1. The first-order valence-corrected chi connectivity index (χ1v) is 6.84. The molecule has 2 atom stereocenters. The largest absolute Gasteiger partial charge is 0.392 e. The summed E-state index contributed by atoms with van der Waals surface area (Å²) in [6.45, 7) is 2.12. The van der Waals surface area contributed by atoms with Crippen LogP contribution in [0.15, 0.2) is 9.72 Å². The van der Waals surface area contributed by atoms with E-state index in [1.54, 1.807) is 23.1 Å². The molecule has 1 aliphatic carbocycles. The molecular weight excluding hydrogens is 214 g/mol. The molecule has 1 saturated carbocycles. The summed E-state index contributed by atoms with van der Waals surface area (Å²) < 4.78 is 1.12. The van der Waals surface area contributed by atoms with Gasteiger partial charge in [0.15, 0.2) is 0 Å². The number of rotatable bonds is 3. The maximum absolute atomic E-state index is 9.67. The molecule has 1 heterocycles. The highest BCUT2D eigenvalue weighted by Gasteiger charge is 2.26. The minimum atomic E-state index is -0.117. The second-order valence-electron chi connectivity index (χ2n) is 3.61. The molecule has 0 amide bonds. The van der Waals surface area contributed by atoms with Gasteiger partial charge in [0.2, 0.25) is 0 Å². The van der Waals surface area contributed by atoms with Crippen molar-refractivity contribution in [1.29, 1.82) is 0 Å². The summed E-state index contributed by atoms with van der Waals surface area (Å²) in [6, 6.07) is 0. The summed E-state index contributed by atoms with van der Waals surface area (Å²) >= 11 is 3.46. The molecule has 0 aliphatic heterocycles. The summed E-state index contributed by atoms with van der Waals surface area (Å²) in [5.41, 5.74) is 1.17. The second-order valence-corrected chi connectivity index (χ2v) is 5.96. The van der Waals surface area contributed by atoms with E-state index >= 15 is 0 Å². The SMILES string of the molecule is CCc1csc(S[C@@H]2CCC[C@H]2O)n1. The molecule has 78 valence electrons. The Labute approximate surface area is 92.8 Å². The van der Waals surface area contributed by atoms with Gasteiger partial charge in [-0.1, -0.05) is 18.7 Å². The molecule has 1 aliphatic rings. The molecule has 0 spiro atoms. The van der Waals surface area contributed by atoms with Crippen molar-refractivity contribution < 1.29 is 5.11 Å². The quantitative estimate of drug-likeness (QED) is 0.865. The van der Waals surface area contributed by atoms with Gasteiger partial charge in [0.1, 0.15) is 4.34 Å². The van der Waals surface area contributed by atoms with E-state index < -0.39 is 0 Å². The number of hydrogen-bond acceptors (Lipinski definition) is 4. The third kappa shape index (κ3) is 2.30. The Kier molecular flexibility index (Phi) is 3.47. The molecule has 0 saturated heterocycles. The van der Waals surface area contributed by atoms with E-state index in [9.17, 15) is 5.11 Å². The predicted molar refractivity (Wildman–Crippen MR) is 61.0 cm³/mol. The standard InChI is InChI=1S/C10H15NOS2/c1-2-7-6-13-10(11-7)14-9-5-3-4-8(9)12/h6,8-9,12H,2-5H2,1H3/t8-,9-/m1/s1. The van der Waals surface area contributed by atoms with E-state index in [0.29, 0.717) is 5.25 Å². The average molecular weight is 229 g/mol. The number of aliphatic hydroxyl groups excluding tert-OH is 1. The van der Waals surface area contributed by atoms with Crippen molar-refractivity contribution >= 4 is 23.1 Å². The van der Waals surface area contributed by atoms with Crippen LogP contribution in [0.25, 0.3) is 0 Å². The van der Waals surface area contributed by atoms with E-state index in [0.717, 1.165) is 30.0 Å². The molecule has 1 fully saturated rings. The first-order valence-electron chi connectivity index (χ1n) is 5.08. The van der Waals surface area contributed by atoms with Crippen molar-refractivity contribution in [1.82, 2.24) is 4.98 Å². The smallest absolute Gasteiger partial charge is 0.150 e. The van der Waals surface area contributed by atoms with Crippen LogP contribution in [0, 0.1) is 0 Å². The van der Waals surface area contributed by atoms with Crippen LogP contribution < -0.4 is 0 Å². The molecule has 1 aromatic heterocycles. The minimum Gasteiger partial charge on any atom is -0.392 e. The summed E-state index contributed by atoms with van der Waals surface area (Å²) in [6.07, 6.45) is 4.14. The monoisotopic (exact) mass is 229 g/mol. The van der Waals surface area contributed by atoms with Gasteiger partial charge >= 0.3 is 0 Å². The number of aliphatic hydroxyl groups is 1. The molecule has 0 unspecified atom stereocenters. The van der Waals surface area contributed by atoms with Gasteiger partial charge in [0.05, 0.1) is 11.8 Å². The lowest BCUT2D eigenvalue weighted by Crippen LogP contribution is -2.14. The Balaban J connectivity index is 1.96. The fraction of sp³-hybridized carbons (Fsp3) is 0.700. The van der Waals surface area contributed by atoms with Crippen LogP contribution in [0.2, 0.25) is 0 Å². The number of nitrogens with zero attached hydrogens (tertiary/aromatic N) is 1. The van der Waals surface area contributed by atoms with Crippen molar-refractivity contribution in [2.45, 2.75) is 48.3 Å². The zero-order valence-corrected chi connectivity index (χ0v) is 9.90. The summed E-state index contributed by atoms with van der Waals surface area (Å²) in [5.74, 6) is 0. The minimum absolute atomic E-state index is 0.117. The summed E-state index contributed by atoms with van der Waals surface area (Å²) in [7, 11) is 0. The molecular formula is C10H15NOS2. The van der Waals surface area contributed by atoms with Gasteiger partial charge in [-0.15, -0.1) is 11.3 Å². The first kappa shape index (κ1) is 10.5. The van der Waals surface area contributed by atoms with Crippen LogP contribution in [0.5, 0.6) is 0 Å². The van der Waals surface area contributed by atoms with Gasteiger partial charge < -0.3 is 5.11 Å². The van der Waals surface area contributed by atoms with Crippen molar-refractivity contribution in [3.05, 3.63) is 11.1 Å². The average Bonchev–Trinajstić information content (AvgIpc) is 2.77.